The lowest BCUT2D eigenvalue weighted by molar-refractivity contribution is 0.0811. The van der Waals surface area contributed by atoms with Gasteiger partial charge in [0.05, 0.1) is 0 Å². The third-order valence-corrected chi connectivity index (χ3v) is 3.39. The van der Waals surface area contributed by atoms with Crippen molar-refractivity contribution < 1.29 is 4.74 Å². The van der Waals surface area contributed by atoms with E-state index in [1.807, 2.05) is 0 Å². The average Bonchev–Trinajstić information content (AvgIpc) is 2.15. The van der Waals surface area contributed by atoms with Gasteiger partial charge in [-0.25, -0.2) is 0 Å². The third-order valence-electron chi connectivity index (χ3n) is 3.39. The molecule has 0 aliphatic heterocycles. The number of ether oxygens (including phenoxy) is 1. The Morgan fingerprint density at radius 1 is 1.15 bits per heavy atom. The minimum absolute atomic E-state index is 0.856. The van der Waals surface area contributed by atoms with Gasteiger partial charge in [0, 0.05) is 13.2 Å². The summed E-state index contributed by atoms with van der Waals surface area (Å²) in [6, 6.07) is 0. The van der Waals surface area contributed by atoms with Crippen molar-refractivity contribution in [3.05, 3.63) is 0 Å². The van der Waals surface area contributed by atoms with Crippen LogP contribution in [-0.2, 0) is 4.74 Å². The zero-order chi connectivity index (χ0) is 9.68. The van der Waals surface area contributed by atoms with Gasteiger partial charge in [-0.1, -0.05) is 13.8 Å². The molecule has 1 saturated carbocycles. The molecular weight excluding hydrogens is 160 g/mol. The summed E-state index contributed by atoms with van der Waals surface area (Å²) < 4.78 is 5.47. The second kappa shape index (κ2) is 5.64. The van der Waals surface area contributed by atoms with Gasteiger partial charge in [-0.3, -0.25) is 0 Å². The van der Waals surface area contributed by atoms with Gasteiger partial charge in [-0.05, 0) is 50.4 Å². The van der Waals surface area contributed by atoms with Crippen LogP contribution in [0.25, 0.3) is 0 Å². The van der Waals surface area contributed by atoms with E-state index in [0.717, 1.165) is 31.0 Å². The van der Waals surface area contributed by atoms with Crippen molar-refractivity contribution in [1.29, 1.82) is 0 Å². The van der Waals surface area contributed by atoms with Crippen LogP contribution in [0, 0.1) is 17.8 Å². The Labute approximate surface area is 82.9 Å². The first kappa shape index (κ1) is 11.0. The van der Waals surface area contributed by atoms with E-state index in [1.54, 1.807) is 0 Å². The zero-order valence-electron chi connectivity index (χ0n) is 9.38. The van der Waals surface area contributed by atoms with E-state index in [1.165, 1.54) is 25.7 Å². The van der Waals surface area contributed by atoms with Crippen molar-refractivity contribution in [1.82, 2.24) is 0 Å². The van der Waals surface area contributed by atoms with E-state index in [9.17, 15) is 0 Å². The van der Waals surface area contributed by atoms with Gasteiger partial charge in [-0.2, -0.15) is 0 Å². The molecule has 0 unspecified atom stereocenters. The van der Waals surface area contributed by atoms with Crippen LogP contribution >= 0.6 is 0 Å². The standard InChI is InChI=1S/C12H24O/c1-4-13-9-11-5-7-12(8-6-11)10(2)3/h10-12H,4-9H2,1-3H3. The molecule has 1 aliphatic carbocycles. The summed E-state index contributed by atoms with van der Waals surface area (Å²) in [5.41, 5.74) is 0. The van der Waals surface area contributed by atoms with Crippen molar-refractivity contribution in [3.8, 4) is 0 Å². The maximum atomic E-state index is 5.47. The topological polar surface area (TPSA) is 9.23 Å². The highest BCUT2D eigenvalue weighted by Crippen LogP contribution is 2.33. The van der Waals surface area contributed by atoms with Crippen LogP contribution in [0.3, 0.4) is 0 Å². The summed E-state index contributed by atoms with van der Waals surface area (Å²) in [6.45, 7) is 8.67. The van der Waals surface area contributed by atoms with Gasteiger partial charge < -0.3 is 4.74 Å². The van der Waals surface area contributed by atoms with Crippen LogP contribution in [0.15, 0.2) is 0 Å². The molecule has 1 nitrogen and oxygen atoms in total. The minimum Gasteiger partial charge on any atom is -0.381 e. The largest absolute Gasteiger partial charge is 0.381 e. The summed E-state index contributed by atoms with van der Waals surface area (Å²) >= 11 is 0. The number of rotatable bonds is 4. The van der Waals surface area contributed by atoms with Gasteiger partial charge in [0.2, 0.25) is 0 Å². The van der Waals surface area contributed by atoms with E-state index in [4.69, 9.17) is 4.74 Å². The fourth-order valence-electron chi connectivity index (χ4n) is 2.31. The molecular formula is C12H24O. The molecule has 0 amide bonds. The van der Waals surface area contributed by atoms with E-state index >= 15 is 0 Å². The van der Waals surface area contributed by atoms with Crippen molar-refractivity contribution in [2.75, 3.05) is 13.2 Å². The van der Waals surface area contributed by atoms with Crippen LogP contribution in [0.1, 0.15) is 46.5 Å². The maximum Gasteiger partial charge on any atom is 0.0494 e. The zero-order valence-corrected chi connectivity index (χ0v) is 9.38. The molecule has 0 heterocycles. The maximum absolute atomic E-state index is 5.47. The van der Waals surface area contributed by atoms with E-state index in [0.29, 0.717) is 0 Å². The predicted octanol–water partition coefficient (Wildman–Crippen LogP) is 3.49. The first-order chi connectivity index (χ1) is 6.24. The average molecular weight is 184 g/mol. The summed E-state index contributed by atoms with van der Waals surface area (Å²) in [4.78, 5) is 0. The molecule has 1 rings (SSSR count). The van der Waals surface area contributed by atoms with Crippen molar-refractivity contribution in [3.63, 3.8) is 0 Å². The Kier molecular flexibility index (Phi) is 4.79. The Bertz CT molecular complexity index is 123. The molecule has 0 aromatic heterocycles. The van der Waals surface area contributed by atoms with Crippen molar-refractivity contribution >= 4 is 0 Å². The fourth-order valence-corrected chi connectivity index (χ4v) is 2.31. The van der Waals surface area contributed by atoms with Crippen molar-refractivity contribution in [2.24, 2.45) is 17.8 Å². The second-order valence-electron chi connectivity index (χ2n) is 4.68. The first-order valence-corrected chi connectivity index (χ1v) is 5.81. The molecule has 0 radical (unpaired) electrons. The predicted molar refractivity (Wildman–Crippen MR) is 56.8 cm³/mol. The van der Waals surface area contributed by atoms with Gasteiger partial charge >= 0.3 is 0 Å². The Balaban J connectivity index is 2.15. The quantitative estimate of drug-likeness (QED) is 0.650. The normalized spacial score (nSPS) is 29.5. The van der Waals surface area contributed by atoms with Gasteiger partial charge in [0.15, 0.2) is 0 Å². The summed E-state index contributed by atoms with van der Waals surface area (Å²) in [6.07, 6.45) is 5.64. The molecule has 78 valence electrons. The summed E-state index contributed by atoms with van der Waals surface area (Å²) in [5.74, 6) is 2.72. The van der Waals surface area contributed by atoms with Crippen molar-refractivity contribution in [2.45, 2.75) is 46.5 Å². The fraction of sp³-hybridized carbons (Fsp3) is 1.00. The van der Waals surface area contributed by atoms with Crippen LogP contribution in [0.2, 0.25) is 0 Å². The van der Waals surface area contributed by atoms with Crippen LogP contribution < -0.4 is 0 Å². The third kappa shape index (κ3) is 3.68. The Hall–Kier alpha value is -0.0400. The molecule has 0 spiro atoms. The van der Waals surface area contributed by atoms with Gasteiger partial charge in [0.25, 0.3) is 0 Å². The van der Waals surface area contributed by atoms with Crippen LogP contribution in [0.4, 0.5) is 0 Å². The smallest absolute Gasteiger partial charge is 0.0494 e. The molecule has 0 aromatic rings. The molecule has 0 saturated heterocycles. The molecule has 1 fully saturated rings. The van der Waals surface area contributed by atoms with Gasteiger partial charge in [-0.15, -0.1) is 0 Å². The molecule has 0 N–H and O–H groups in total. The lowest BCUT2D eigenvalue weighted by Crippen LogP contribution is -2.21. The van der Waals surface area contributed by atoms with E-state index in [2.05, 4.69) is 20.8 Å². The monoisotopic (exact) mass is 184 g/mol. The Morgan fingerprint density at radius 3 is 2.23 bits per heavy atom. The lowest BCUT2D eigenvalue weighted by Gasteiger charge is -2.30. The molecule has 1 heteroatoms. The molecule has 1 aliphatic rings. The minimum atomic E-state index is 0.856. The first-order valence-electron chi connectivity index (χ1n) is 5.81. The van der Waals surface area contributed by atoms with Crippen LogP contribution in [0.5, 0.6) is 0 Å². The highest BCUT2D eigenvalue weighted by molar-refractivity contribution is 4.74. The number of hydrogen-bond donors (Lipinski definition) is 0. The van der Waals surface area contributed by atoms with Gasteiger partial charge in [0.1, 0.15) is 0 Å². The molecule has 0 bridgehead atoms. The van der Waals surface area contributed by atoms with Crippen LogP contribution in [-0.4, -0.2) is 13.2 Å². The molecule has 13 heavy (non-hydrogen) atoms. The second-order valence-corrected chi connectivity index (χ2v) is 4.68. The van der Waals surface area contributed by atoms with E-state index in [-0.39, 0.29) is 0 Å². The van der Waals surface area contributed by atoms with E-state index < -0.39 is 0 Å². The Morgan fingerprint density at radius 2 is 1.77 bits per heavy atom. The SMILES string of the molecule is CCOCC1CCC(C(C)C)CC1. The molecule has 0 aromatic carbocycles. The highest BCUT2D eigenvalue weighted by Gasteiger charge is 2.22. The summed E-state index contributed by atoms with van der Waals surface area (Å²) in [5, 5.41) is 0. The molecule has 0 atom stereocenters. The lowest BCUT2D eigenvalue weighted by atomic mass is 9.77. The highest BCUT2D eigenvalue weighted by atomic mass is 16.5. The summed E-state index contributed by atoms with van der Waals surface area (Å²) in [7, 11) is 0. The number of hydrogen-bond acceptors (Lipinski definition) is 1.